The van der Waals surface area contributed by atoms with E-state index in [1.54, 1.807) is 12.3 Å². The van der Waals surface area contributed by atoms with Crippen LogP contribution in [0.25, 0.3) is 0 Å². The zero-order chi connectivity index (χ0) is 8.10. The van der Waals surface area contributed by atoms with Gasteiger partial charge in [-0.2, -0.15) is 0 Å². The molecule has 0 heterocycles. The highest BCUT2D eigenvalue weighted by atomic mass is 14.7. The predicted molar refractivity (Wildman–Crippen MR) is 49.8 cm³/mol. The van der Waals surface area contributed by atoms with Crippen molar-refractivity contribution >= 4 is 6.21 Å². The van der Waals surface area contributed by atoms with Crippen LogP contribution in [0.4, 0.5) is 0 Å². The van der Waals surface area contributed by atoms with Crippen molar-refractivity contribution in [2.75, 3.05) is 0 Å². The molecule has 0 saturated carbocycles. The highest BCUT2D eigenvalue weighted by molar-refractivity contribution is 5.72. The van der Waals surface area contributed by atoms with Crippen LogP contribution >= 0.6 is 0 Å². The fraction of sp³-hybridized carbons (Fsp3) is 0.300. The maximum absolute atomic E-state index is 4.23. The van der Waals surface area contributed by atoms with Gasteiger partial charge >= 0.3 is 0 Å². The van der Waals surface area contributed by atoms with E-state index in [1.165, 1.54) is 5.57 Å². The van der Waals surface area contributed by atoms with E-state index in [0.717, 1.165) is 18.5 Å². The van der Waals surface area contributed by atoms with Crippen LogP contribution in [0, 0.1) is 0 Å². The monoisotopic (exact) mass is 147 g/mol. The Hall–Kier alpha value is -1.11. The lowest BCUT2D eigenvalue weighted by Gasteiger charge is -2.06. The normalized spacial score (nSPS) is 17.9. The quantitative estimate of drug-likeness (QED) is 0.532. The van der Waals surface area contributed by atoms with Gasteiger partial charge in [0, 0.05) is 6.21 Å². The molecule has 0 atom stereocenters. The third-order valence-corrected chi connectivity index (χ3v) is 1.68. The first-order valence-electron chi connectivity index (χ1n) is 3.87. The highest BCUT2D eigenvalue weighted by Crippen LogP contribution is 2.18. The minimum absolute atomic E-state index is 1.09. The minimum atomic E-state index is 1.09. The van der Waals surface area contributed by atoms with E-state index in [0.29, 0.717) is 0 Å². The Morgan fingerprint density at radius 2 is 2.18 bits per heavy atom. The molecule has 0 radical (unpaired) electrons. The van der Waals surface area contributed by atoms with Crippen LogP contribution in [-0.4, -0.2) is 6.21 Å². The number of aliphatic imine (C=N–C) groups is 1. The fourth-order valence-corrected chi connectivity index (χ4v) is 1.07. The summed E-state index contributed by atoms with van der Waals surface area (Å²) in [6.45, 7) is 5.66. The van der Waals surface area contributed by atoms with E-state index in [1.807, 2.05) is 0 Å². The van der Waals surface area contributed by atoms with Crippen molar-refractivity contribution < 1.29 is 0 Å². The summed E-state index contributed by atoms with van der Waals surface area (Å²) in [7, 11) is 0. The molecule has 11 heavy (non-hydrogen) atoms. The van der Waals surface area contributed by atoms with Crippen molar-refractivity contribution in [1.29, 1.82) is 0 Å². The molecule has 0 saturated heterocycles. The summed E-state index contributed by atoms with van der Waals surface area (Å²) < 4.78 is 0. The van der Waals surface area contributed by atoms with Gasteiger partial charge in [-0.25, -0.2) is 0 Å². The topological polar surface area (TPSA) is 12.4 Å². The first-order valence-corrected chi connectivity index (χ1v) is 3.87. The lowest BCUT2D eigenvalue weighted by molar-refractivity contribution is 0.983. The second kappa shape index (κ2) is 3.91. The van der Waals surface area contributed by atoms with Crippen molar-refractivity contribution in [3.05, 3.63) is 36.1 Å². The van der Waals surface area contributed by atoms with Gasteiger partial charge in [0.1, 0.15) is 0 Å². The number of allylic oxidation sites excluding steroid dienone is 4. The summed E-state index contributed by atoms with van der Waals surface area (Å²) in [4.78, 5) is 4.23. The van der Waals surface area contributed by atoms with Crippen molar-refractivity contribution in [2.45, 2.75) is 19.8 Å². The van der Waals surface area contributed by atoms with Gasteiger partial charge in [-0.3, -0.25) is 4.99 Å². The molecule has 1 aliphatic carbocycles. The largest absolute Gasteiger partial charge is 0.257 e. The van der Waals surface area contributed by atoms with Crippen LogP contribution in [0.15, 0.2) is 41.1 Å². The summed E-state index contributed by atoms with van der Waals surface area (Å²) in [5, 5.41) is 0. The summed E-state index contributed by atoms with van der Waals surface area (Å²) in [5.41, 5.74) is 2.37. The smallest absolute Gasteiger partial charge is 0.0615 e. The van der Waals surface area contributed by atoms with Crippen molar-refractivity contribution in [3.8, 4) is 0 Å². The van der Waals surface area contributed by atoms with Crippen LogP contribution < -0.4 is 0 Å². The van der Waals surface area contributed by atoms with Gasteiger partial charge in [-0.1, -0.05) is 24.8 Å². The van der Waals surface area contributed by atoms with Crippen molar-refractivity contribution in [3.63, 3.8) is 0 Å². The van der Waals surface area contributed by atoms with Crippen molar-refractivity contribution in [2.24, 2.45) is 4.99 Å². The standard InChI is InChI=1S/C10H13N/c1-3-8-11-10-7-5-4-6-9(10)2/h3,6-8H,1,4-5H2,2H3. The van der Waals surface area contributed by atoms with E-state index < -0.39 is 0 Å². The molecule has 0 unspecified atom stereocenters. The zero-order valence-corrected chi connectivity index (χ0v) is 6.88. The molecule has 0 fully saturated rings. The molecule has 0 spiro atoms. The van der Waals surface area contributed by atoms with E-state index in [2.05, 4.69) is 30.6 Å². The Bertz CT molecular complexity index is 231. The molecule has 0 amide bonds. The van der Waals surface area contributed by atoms with Gasteiger partial charge in [0.05, 0.1) is 5.70 Å². The van der Waals surface area contributed by atoms with Gasteiger partial charge in [0.15, 0.2) is 0 Å². The fourth-order valence-electron chi connectivity index (χ4n) is 1.07. The summed E-state index contributed by atoms with van der Waals surface area (Å²) in [6.07, 6.45) is 10.1. The molecular formula is C10H13N. The lowest BCUT2D eigenvalue weighted by atomic mass is 10.1. The second-order valence-corrected chi connectivity index (χ2v) is 2.57. The molecular weight excluding hydrogens is 134 g/mol. The second-order valence-electron chi connectivity index (χ2n) is 2.57. The number of nitrogens with zero attached hydrogens (tertiary/aromatic N) is 1. The lowest BCUT2D eigenvalue weighted by Crippen LogP contribution is -1.88. The van der Waals surface area contributed by atoms with Crippen molar-refractivity contribution in [1.82, 2.24) is 0 Å². The summed E-state index contributed by atoms with van der Waals surface area (Å²) in [5.74, 6) is 0. The average molecular weight is 147 g/mol. The molecule has 1 nitrogen and oxygen atoms in total. The van der Waals surface area contributed by atoms with Crippen LogP contribution in [-0.2, 0) is 0 Å². The first-order chi connectivity index (χ1) is 5.34. The summed E-state index contributed by atoms with van der Waals surface area (Å²) in [6, 6.07) is 0. The van der Waals surface area contributed by atoms with Gasteiger partial charge in [0.2, 0.25) is 0 Å². The molecule has 0 aromatic rings. The average Bonchev–Trinajstić information content (AvgIpc) is 2.03. The third-order valence-electron chi connectivity index (χ3n) is 1.68. The predicted octanol–water partition coefficient (Wildman–Crippen LogP) is 2.87. The van der Waals surface area contributed by atoms with E-state index in [-0.39, 0.29) is 0 Å². The van der Waals surface area contributed by atoms with Crippen LogP contribution in [0.5, 0.6) is 0 Å². The SMILES string of the molecule is C=CC=NC1=CCCC=C1C. The Balaban J connectivity index is 2.70. The molecule has 58 valence electrons. The van der Waals surface area contributed by atoms with Gasteiger partial charge in [-0.15, -0.1) is 0 Å². The van der Waals surface area contributed by atoms with Crippen LogP contribution in [0.2, 0.25) is 0 Å². The number of hydrogen-bond acceptors (Lipinski definition) is 1. The number of hydrogen-bond donors (Lipinski definition) is 0. The molecule has 1 heteroatoms. The third kappa shape index (κ3) is 2.19. The Kier molecular flexibility index (Phi) is 2.84. The number of rotatable bonds is 2. The van der Waals surface area contributed by atoms with E-state index in [9.17, 15) is 0 Å². The van der Waals surface area contributed by atoms with Crippen LogP contribution in [0.1, 0.15) is 19.8 Å². The maximum Gasteiger partial charge on any atom is 0.0615 e. The molecule has 0 aliphatic heterocycles. The van der Waals surface area contributed by atoms with Gasteiger partial charge in [0.25, 0.3) is 0 Å². The molecule has 1 aliphatic rings. The molecule has 0 N–H and O–H groups in total. The Morgan fingerprint density at radius 3 is 2.82 bits per heavy atom. The Labute approximate surface area is 67.8 Å². The van der Waals surface area contributed by atoms with E-state index in [4.69, 9.17) is 0 Å². The molecule has 0 aromatic carbocycles. The molecule has 0 bridgehead atoms. The highest BCUT2D eigenvalue weighted by Gasteiger charge is 2.00. The molecule has 1 rings (SSSR count). The first kappa shape index (κ1) is 7.99. The van der Waals surface area contributed by atoms with Gasteiger partial charge < -0.3 is 0 Å². The minimum Gasteiger partial charge on any atom is -0.257 e. The summed E-state index contributed by atoms with van der Waals surface area (Å²) >= 11 is 0. The van der Waals surface area contributed by atoms with Crippen LogP contribution in [0.3, 0.4) is 0 Å². The Morgan fingerprint density at radius 1 is 1.45 bits per heavy atom. The molecule has 0 aromatic heterocycles. The van der Waals surface area contributed by atoms with E-state index >= 15 is 0 Å². The van der Waals surface area contributed by atoms with Gasteiger partial charge in [-0.05, 0) is 25.3 Å². The maximum atomic E-state index is 4.23. The zero-order valence-electron chi connectivity index (χ0n) is 6.88.